The molecule has 2 atom stereocenters. The zero-order chi connectivity index (χ0) is 40.9. The van der Waals surface area contributed by atoms with Gasteiger partial charge < -0.3 is 28.3 Å². The smallest absolute Gasteiger partial charge is 0.472 e. The molecule has 2 aromatic carbocycles. The van der Waals surface area contributed by atoms with E-state index < -0.39 is 32.5 Å². The Morgan fingerprint density at radius 3 is 1.48 bits per heavy atom. The number of aldehydes is 2. The number of hydrogen-bond donors (Lipinski definition) is 1. The van der Waals surface area contributed by atoms with Crippen LogP contribution in [0.25, 0.3) is 0 Å². The van der Waals surface area contributed by atoms with Gasteiger partial charge in [0.2, 0.25) is 0 Å². The second kappa shape index (κ2) is 28.7. The van der Waals surface area contributed by atoms with Crippen molar-refractivity contribution in [1.29, 1.82) is 0 Å². The van der Waals surface area contributed by atoms with Crippen molar-refractivity contribution in [2.45, 2.75) is 109 Å². The molecule has 0 saturated heterocycles. The molecule has 2 rings (SSSR count). The Morgan fingerprint density at radius 1 is 0.607 bits per heavy atom. The Balaban J connectivity index is 1.61. The topological polar surface area (TPSA) is 161 Å². The molecule has 0 aromatic heterocycles. The standard InChI is InChI=1S/C42H64NO12P/c1-43(2,3)28-31-53-56(48,49)54-35-40(55-42(47)19-15-11-7-5-9-13-17-30-51-39-26-22-37(33-45)23-27-39)34-52-41(46)18-14-10-6-4-8-12-16-29-50-38-24-20-36(32-44)21-25-38/h20-27,32-33,40H,4-19,28-31,34-35H2,1-3H3/p+1/t40-/m1/s1. The Kier molecular flexibility index (Phi) is 24.9. The molecule has 0 spiro atoms. The zero-order valence-electron chi connectivity index (χ0n) is 33.7. The van der Waals surface area contributed by atoms with E-state index in [0.717, 1.165) is 101 Å². The van der Waals surface area contributed by atoms with E-state index in [1.807, 2.05) is 21.1 Å². The maximum absolute atomic E-state index is 12.7. The fourth-order valence-corrected chi connectivity index (χ4v) is 6.18. The van der Waals surface area contributed by atoms with Crippen LogP contribution in [0.15, 0.2) is 48.5 Å². The minimum absolute atomic E-state index is 0.00410. The van der Waals surface area contributed by atoms with Crippen LogP contribution in [0.4, 0.5) is 0 Å². The van der Waals surface area contributed by atoms with Crippen molar-refractivity contribution in [2.24, 2.45) is 0 Å². The number of ether oxygens (including phenoxy) is 4. The lowest BCUT2D eigenvalue weighted by molar-refractivity contribution is -0.870. The van der Waals surface area contributed by atoms with Crippen molar-refractivity contribution in [2.75, 3.05) is 60.7 Å². The molecule has 1 unspecified atom stereocenters. The van der Waals surface area contributed by atoms with E-state index in [2.05, 4.69) is 0 Å². The summed E-state index contributed by atoms with van der Waals surface area (Å²) in [5, 5.41) is 0. The Hall–Kier alpha value is -3.61. The lowest BCUT2D eigenvalue weighted by Gasteiger charge is -2.24. The van der Waals surface area contributed by atoms with Crippen molar-refractivity contribution in [3.05, 3.63) is 59.7 Å². The van der Waals surface area contributed by atoms with E-state index in [1.54, 1.807) is 48.5 Å². The van der Waals surface area contributed by atoms with Crippen LogP contribution in [0.2, 0.25) is 0 Å². The summed E-state index contributed by atoms with van der Waals surface area (Å²) in [5.41, 5.74) is 1.24. The number of benzene rings is 2. The van der Waals surface area contributed by atoms with Gasteiger partial charge in [-0.2, -0.15) is 0 Å². The highest BCUT2D eigenvalue weighted by atomic mass is 31.2. The van der Waals surface area contributed by atoms with E-state index in [0.29, 0.717) is 48.2 Å². The normalized spacial score (nSPS) is 13.0. The van der Waals surface area contributed by atoms with Crippen LogP contribution >= 0.6 is 7.82 Å². The zero-order valence-corrected chi connectivity index (χ0v) is 34.6. The van der Waals surface area contributed by atoms with Crippen molar-refractivity contribution >= 4 is 32.3 Å². The van der Waals surface area contributed by atoms with Crippen LogP contribution < -0.4 is 9.47 Å². The maximum Gasteiger partial charge on any atom is 0.472 e. The van der Waals surface area contributed by atoms with Crippen LogP contribution in [-0.2, 0) is 32.7 Å². The van der Waals surface area contributed by atoms with Crippen LogP contribution in [0.5, 0.6) is 11.5 Å². The van der Waals surface area contributed by atoms with Gasteiger partial charge in [0, 0.05) is 24.0 Å². The summed E-state index contributed by atoms with van der Waals surface area (Å²) >= 11 is 0. The predicted octanol–water partition coefficient (Wildman–Crippen LogP) is 8.31. The molecule has 2 aromatic rings. The van der Waals surface area contributed by atoms with Crippen LogP contribution in [0, 0.1) is 0 Å². The summed E-state index contributed by atoms with van der Waals surface area (Å²) in [4.78, 5) is 56.8. The summed E-state index contributed by atoms with van der Waals surface area (Å²) in [6.07, 6.45) is 14.1. The number of phosphoric ester groups is 1. The molecule has 0 heterocycles. The number of carbonyl (C=O) groups is 4. The van der Waals surface area contributed by atoms with E-state index in [4.69, 9.17) is 28.0 Å². The number of quaternary nitrogens is 1. The second-order valence-electron chi connectivity index (χ2n) is 14.9. The first kappa shape index (κ1) is 48.5. The number of phosphoric acid groups is 1. The van der Waals surface area contributed by atoms with E-state index in [9.17, 15) is 28.6 Å². The number of unbranched alkanes of at least 4 members (excludes halogenated alkanes) is 12. The van der Waals surface area contributed by atoms with Gasteiger partial charge >= 0.3 is 19.8 Å². The first-order chi connectivity index (χ1) is 26.9. The molecule has 0 saturated carbocycles. The summed E-state index contributed by atoms with van der Waals surface area (Å²) in [6, 6.07) is 14.1. The van der Waals surface area contributed by atoms with Crippen molar-refractivity contribution in [3.8, 4) is 11.5 Å². The quantitative estimate of drug-likeness (QED) is 0.0237. The average Bonchev–Trinajstić information content (AvgIpc) is 3.17. The minimum Gasteiger partial charge on any atom is -0.494 e. The van der Waals surface area contributed by atoms with Gasteiger partial charge in [0.25, 0.3) is 0 Å². The Morgan fingerprint density at radius 2 is 1.04 bits per heavy atom. The van der Waals surface area contributed by atoms with Crippen LogP contribution in [-0.4, -0.2) is 101 Å². The molecule has 0 amide bonds. The van der Waals surface area contributed by atoms with Crippen LogP contribution in [0.3, 0.4) is 0 Å². The summed E-state index contributed by atoms with van der Waals surface area (Å²) in [7, 11) is 1.35. The molecular weight excluding hydrogens is 741 g/mol. The molecule has 0 bridgehead atoms. The van der Waals surface area contributed by atoms with Crippen LogP contribution in [0.1, 0.15) is 123 Å². The lowest BCUT2D eigenvalue weighted by Crippen LogP contribution is -2.37. The largest absolute Gasteiger partial charge is 0.494 e. The third-order valence-corrected chi connectivity index (χ3v) is 9.77. The average molecular weight is 807 g/mol. The highest BCUT2D eigenvalue weighted by Crippen LogP contribution is 2.43. The molecule has 0 radical (unpaired) electrons. The highest BCUT2D eigenvalue weighted by molar-refractivity contribution is 7.47. The molecule has 0 aliphatic rings. The second-order valence-corrected chi connectivity index (χ2v) is 16.4. The fraction of sp³-hybridized carbons (Fsp3) is 0.619. The summed E-state index contributed by atoms with van der Waals surface area (Å²) in [6.45, 7) is 0.960. The summed E-state index contributed by atoms with van der Waals surface area (Å²) < 4.78 is 45.5. The van der Waals surface area contributed by atoms with Gasteiger partial charge in [-0.25, -0.2) is 4.57 Å². The molecule has 0 fully saturated rings. The van der Waals surface area contributed by atoms with Gasteiger partial charge in [0.1, 0.15) is 43.8 Å². The number of likely N-dealkylation sites (N-methyl/N-ethyl adjacent to an activating group) is 1. The highest BCUT2D eigenvalue weighted by Gasteiger charge is 2.27. The van der Waals surface area contributed by atoms with Crippen molar-refractivity contribution in [1.82, 2.24) is 0 Å². The number of carbonyl (C=O) groups excluding carboxylic acids is 4. The lowest BCUT2D eigenvalue weighted by atomic mass is 10.1. The minimum atomic E-state index is -4.42. The molecule has 0 aliphatic heterocycles. The Labute approximate surface area is 333 Å². The first-order valence-electron chi connectivity index (χ1n) is 20.0. The maximum atomic E-state index is 12.7. The van der Waals surface area contributed by atoms with Gasteiger partial charge in [-0.05, 0) is 74.2 Å². The van der Waals surface area contributed by atoms with E-state index in [-0.39, 0.29) is 26.1 Å². The predicted molar refractivity (Wildman–Crippen MR) is 214 cm³/mol. The van der Waals surface area contributed by atoms with E-state index in [1.165, 1.54) is 0 Å². The van der Waals surface area contributed by atoms with Crippen molar-refractivity contribution in [3.63, 3.8) is 0 Å². The monoisotopic (exact) mass is 806 g/mol. The number of nitrogens with zero attached hydrogens (tertiary/aromatic N) is 1. The first-order valence-corrected chi connectivity index (χ1v) is 21.5. The number of rotatable bonds is 34. The van der Waals surface area contributed by atoms with Gasteiger partial charge in [-0.15, -0.1) is 0 Å². The van der Waals surface area contributed by atoms with Crippen molar-refractivity contribution < 1.29 is 61.1 Å². The summed E-state index contributed by atoms with van der Waals surface area (Å²) in [5.74, 6) is 0.572. The molecule has 0 aliphatic carbocycles. The molecule has 13 nitrogen and oxygen atoms in total. The van der Waals surface area contributed by atoms with Gasteiger partial charge in [0.15, 0.2) is 6.10 Å². The van der Waals surface area contributed by atoms with Gasteiger partial charge in [-0.3, -0.25) is 28.2 Å². The molecule has 56 heavy (non-hydrogen) atoms. The number of esters is 2. The number of hydrogen-bond acceptors (Lipinski definition) is 11. The molecule has 314 valence electrons. The SMILES string of the molecule is C[N+](C)(C)CCOP(=O)(O)OC[C@@H](COC(=O)CCCCCCCCCOc1ccc(C=O)cc1)OC(=O)CCCCCCCCCOc1ccc(C=O)cc1. The molecule has 1 N–H and O–H groups in total. The fourth-order valence-electron chi connectivity index (χ4n) is 5.44. The van der Waals surface area contributed by atoms with Gasteiger partial charge in [-0.1, -0.05) is 64.2 Å². The third-order valence-electron chi connectivity index (χ3n) is 8.79. The van der Waals surface area contributed by atoms with Gasteiger partial charge in [0.05, 0.1) is 41.0 Å². The third kappa shape index (κ3) is 25.5. The van der Waals surface area contributed by atoms with E-state index >= 15 is 0 Å². The molecular formula is C42H65NO12P+. The molecule has 14 heteroatoms. The Bertz CT molecular complexity index is 1430.